The van der Waals surface area contributed by atoms with Gasteiger partial charge in [0.1, 0.15) is 6.04 Å². The van der Waals surface area contributed by atoms with Crippen molar-refractivity contribution in [3.8, 4) is 0 Å². The van der Waals surface area contributed by atoms with Gasteiger partial charge in [-0.25, -0.2) is 4.79 Å². The molecule has 1 amide bonds. The Bertz CT molecular complexity index is 206. The minimum atomic E-state index is -0.591. The zero-order valence-corrected chi connectivity index (χ0v) is 9.09. The molecule has 0 bridgehead atoms. The van der Waals surface area contributed by atoms with Crippen LogP contribution in [0.5, 0.6) is 0 Å². The van der Waals surface area contributed by atoms with Crippen LogP contribution in [0.2, 0.25) is 0 Å². The maximum Gasteiger partial charge on any atom is 0.328 e. The van der Waals surface area contributed by atoms with Crippen LogP contribution in [0.15, 0.2) is 0 Å². The van der Waals surface area contributed by atoms with E-state index in [1.54, 1.807) is 20.9 Å². The number of amides is 1. The number of hydrogen-bond acceptors (Lipinski definition) is 4. The smallest absolute Gasteiger partial charge is 0.328 e. The highest BCUT2D eigenvalue weighted by Crippen LogP contribution is 1.94. The van der Waals surface area contributed by atoms with E-state index >= 15 is 0 Å². The van der Waals surface area contributed by atoms with Crippen LogP contribution in [0.25, 0.3) is 0 Å². The third-order valence-corrected chi connectivity index (χ3v) is 1.87. The minimum Gasteiger partial charge on any atom is -0.467 e. The summed E-state index contributed by atoms with van der Waals surface area (Å²) < 4.78 is 4.48. The SMILES string of the molecule is CNCC(C)C(=O)N[C@@H](C)C(=O)OC. The molecule has 0 aromatic heterocycles. The molecule has 0 aliphatic rings. The lowest BCUT2D eigenvalue weighted by Crippen LogP contribution is -2.43. The zero-order valence-electron chi connectivity index (χ0n) is 9.09. The van der Waals surface area contributed by atoms with Crippen molar-refractivity contribution in [1.82, 2.24) is 10.6 Å². The first-order chi connectivity index (χ1) is 6.52. The standard InChI is InChI=1S/C9H18N2O3/c1-6(5-10-3)8(12)11-7(2)9(13)14-4/h6-7,10H,5H2,1-4H3,(H,11,12)/t6?,7-/m0/s1. The second-order valence-electron chi connectivity index (χ2n) is 3.21. The van der Waals surface area contributed by atoms with Crippen molar-refractivity contribution in [3.63, 3.8) is 0 Å². The summed E-state index contributed by atoms with van der Waals surface area (Å²) in [6.07, 6.45) is 0. The highest BCUT2D eigenvalue weighted by atomic mass is 16.5. The van der Waals surface area contributed by atoms with Crippen LogP contribution in [0, 0.1) is 5.92 Å². The fourth-order valence-corrected chi connectivity index (χ4v) is 0.990. The summed E-state index contributed by atoms with van der Waals surface area (Å²) in [6, 6.07) is -0.591. The second kappa shape index (κ2) is 6.37. The van der Waals surface area contributed by atoms with Gasteiger partial charge in [0.15, 0.2) is 0 Å². The van der Waals surface area contributed by atoms with Crippen molar-refractivity contribution in [2.45, 2.75) is 19.9 Å². The number of esters is 1. The Morgan fingerprint density at radius 3 is 2.36 bits per heavy atom. The molecule has 0 aliphatic carbocycles. The molecule has 0 heterocycles. The van der Waals surface area contributed by atoms with E-state index in [-0.39, 0.29) is 11.8 Å². The number of carbonyl (C=O) groups excluding carboxylic acids is 2. The highest BCUT2D eigenvalue weighted by molar-refractivity contribution is 5.85. The van der Waals surface area contributed by atoms with Crippen molar-refractivity contribution in [1.29, 1.82) is 0 Å². The largest absolute Gasteiger partial charge is 0.467 e. The van der Waals surface area contributed by atoms with Crippen LogP contribution in [-0.2, 0) is 14.3 Å². The molecular formula is C9H18N2O3. The maximum atomic E-state index is 11.4. The Morgan fingerprint density at radius 2 is 1.93 bits per heavy atom. The van der Waals surface area contributed by atoms with Gasteiger partial charge in [0.2, 0.25) is 5.91 Å². The number of hydrogen-bond donors (Lipinski definition) is 2. The summed E-state index contributed by atoms with van der Waals surface area (Å²) in [4.78, 5) is 22.4. The highest BCUT2D eigenvalue weighted by Gasteiger charge is 2.19. The van der Waals surface area contributed by atoms with Gasteiger partial charge >= 0.3 is 5.97 Å². The monoisotopic (exact) mass is 202 g/mol. The molecule has 0 aromatic rings. The van der Waals surface area contributed by atoms with Crippen LogP contribution in [0.4, 0.5) is 0 Å². The van der Waals surface area contributed by atoms with Crippen molar-refractivity contribution < 1.29 is 14.3 Å². The molecule has 0 saturated heterocycles. The van der Waals surface area contributed by atoms with Crippen LogP contribution < -0.4 is 10.6 Å². The van der Waals surface area contributed by atoms with Crippen molar-refractivity contribution >= 4 is 11.9 Å². The lowest BCUT2D eigenvalue weighted by Gasteiger charge is -2.15. The van der Waals surface area contributed by atoms with Crippen molar-refractivity contribution in [2.75, 3.05) is 20.7 Å². The Balaban J connectivity index is 3.98. The summed E-state index contributed by atoms with van der Waals surface area (Å²) in [5, 5.41) is 5.45. The summed E-state index contributed by atoms with van der Waals surface area (Å²) in [7, 11) is 3.07. The zero-order chi connectivity index (χ0) is 11.1. The van der Waals surface area contributed by atoms with E-state index in [1.807, 2.05) is 0 Å². The molecule has 0 radical (unpaired) electrons. The predicted octanol–water partition coefficient (Wildman–Crippen LogP) is -0.480. The number of ether oxygens (including phenoxy) is 1. The Kier molecular flexibility index (Phi) is 5.87. The van der Waals surface area contributed by atoms with Crippen molar-refractivity contribution in [2.24, 2.45) is 5.92 Å². The minimum absolute atomic E-state index is 0.155. The van der Waals surface area contributed by atoms with E-state index in [0.29, 0.717) is 6.54 Å². The van der Waals surface area contributed by atoms with Gasteiger partial charge < -0.3 is 15.4 Å². The Hall–Kier alpha value is -1.10. The molecule has 0 fully saturated rings. The molecule has 1 unspecified atom stereocenters. The third-order valence-electron chi connectivity index (χ3n) is 1.87. The molecule has 14 heavy (non-hydrogen) atoms. The summed E-state index contributed by atoms with van der Waals surface area (Å²) in [5.74, 6) is -0.751. The van der Waals surface area contributed by atoms with Crippen LogP contribution in [-0.4, -0.2) is 38.6 Å². The lowest BCUT2D eigenvalue weighted by atomic mass is 10.1. The van der Waals surface area contributed by atoms with Crippen LogP contribution in [0.3, 0.4) is 0 Å². The van der Waals surface area contributed by atoms with E-state index in [1.165, 1.54) is 7.11 Å². The number of rotatable bonds is 5. The first kappa shape index (κ1) is 12.9. The van der Waals surface area contributed by atoms with Gasteiger partial charge in [-0.05, 0) is 14.0 Å². The molecule has 0 spiro atoms. The number of nitrogens with one attached hydrogen (secondary N) is 2. The first-order valence-corrected chi connectivity index (χ1v) is 4.55. The van der Waals surface area contributed by atoms with E-state index in [9.17, 15) is 9.59 Å². The molecule has 82 valence electrons. The number of methoxy groups -OCH3 is 1. The van der Waals surface area contributed by atoms with E-state index in [0.717, 1.165) is 0 Å². The van der Waals surface area contributed by atoms with Gasteiger partial charge in [0, 0.05) is 12.5 Å². The average Bonchev–Trinajstić information content (AvgIpc) is 2.16. The maximum absolute atomic E-state index is 11.4. The molecule has 2 N–H and O–H groups in total. The third kappa shape index (κ3) is 4.23. The molecule has 5 nitrogen and oxygen atoms in total. The second-order valence-corrected chi connectivity index (χ2v) is 3.21. The lowest BCUT2D eigenvalue weighted by molar-refractivity contribution is -0.144. The first-order valence-electron chi connectivity index (χ1n) is 4.55. The average molecular weight is 202 g/mol. The van der Waals surface area contributed by atoms with Crippen molar-refractivity contribution in [3.05, 3.63) is 0 Å². The molecule has 0 rings (SSSR count). The number of carbonyl (C=O) groups is 2. The molecule has 0 aromatic carbocycles. The van der Waals surface area contributed by atoms with Gasteiger partial charge in [-0.3, -0.25) is 4.79 Å². The van der Waals surface area contributed by atoms with Gasteiger partial charge in [-0.1, -0.05) is 6.92 Å². The quantitative estimate of drug-likeness (QED) is 0.591. The van der Waals surface area contributed by atoms with Crippen LogP contribution >= 0.6 is 0 Å². The summed E-state index contributed by atoms with van der Waals surface area (Å²) in [5.41, 5.74) is 0. The van der Waals surface area contributed by atoms with E-state index < -0.39 is 12.0 Å². The van der Waals surface area contributed by atoms with Gasteiger partial charge in [0.05, 0.1) is 7.11 Å². The molecule has 0 saturated carbocycles. The topological polar surface area (TPSA) is 67.4 Å². The van der Waals surface area contributed by atoms with Gasteiger partial charge in [-0.15, -0.1) is 0 Å². The Morgan fingerprint density at radius 1 is 1.36 bits per heavy atom. The summed E-state index contributed by atoms with van der Waals surface area (Å²) in [6.45, 7) is 3.96. The van der Waals surface area contributed by atoms with Gasteiger partial charge in [-0.2, -0.15) is 0 Å². The fourth-order valence-electron chi connectivity index (χ4n) is 0.990. The predicted molar refractivity (Wildman–Crippen MR) is 52.7 cm³/mol. The fraction of sp³-hybridized carbons (Fsp3) is 0.778. The molecular weight excluding hydrogens is 184 g/mol. The molecule has 0 aliphatic heterocycles. The van der Waals surface area contributed by atoms with Gasteiger partial charge in [0.25, 0.3) is 0 Å². The molecule has 2 atom stereocenters. The van der Waals surface area contributed by atoms with Crippen LogP contribution in [0.1, 0.15) is 13.8 Å². The van der Waals surface area contributed by atoms with E-state index in [4.69, 9.17) is 0 Å². The summed E-state index contributed by atoms with van der Waals surface area (Å²) >= 11 is 0. The normalized spacial score (nSPS) is 14.3. The Labute approximate surface area is 84.2 Å². The molecule has 5 heteroatoms. The van der Waals surface area contributed by atoms with E-state index in [2.05, 4.69) is 15.4 Å².